The van der Waals surface area contributed by atoms with Crippen LogP contribution in [0.4, 0.5) is 5.69 Å². The summed E-state index contributed by atoms with van der Waals surface area (Å²) in [5.41, 5.74) is 0.202. The lowest BCUT2D eigenvalue weighted by Gasteiger charge is -2.26. The van der Waals surface area contributed by atoms with Crippen LogP contribution in [0.5, 0.6) is 5.75 Å². The van der Waals surface area contributed by atoms with Gasteiger partial charge in [-0.25, -0.2) is 8.42 Å². The number of hydrogen-bond donors (Lipinski definition) is 1. The summed E-state index contributed by atoms with van der Waals surface area (Å²) in [6.45, 7) is 3.40. The molecule has 2 aromatic rings. The molecule has 0 spiro atoms. The van der Waals surface area contributed by atoms with Crippen LogP contribution in [0.15, 0.2) is 53.4 Å². The number of carbonyl (C=O) groups excluding carboxylic acids is 1. The van der Waals surface area contributed by atoms with Crippen LogP contribution in [-0.2, 0) is 14.8 Å². The van der Waals surface area contributed by atoms with Crippen molar-refractivity contribution in [2.45, 2.75) is 31.2 Å². The number of amides is 1. The topological polar surface area (TPSA) is 75.7 Å². The van der Waals surface area contributed by atoms with E-state index in [0.29, 0.717) is 10.8 Å². The van der Waals surface area contributed by atoms with E-state index in [1.54, 1.807) is 30.3 Å². The number of carbonyl (C=O) groups is 1. The van der Waals surface area contributed by atoms with Crippen LogP contribution in [0.25, 0.3) is 0 Å². The summed E-state index contributed by atoms with van der Waals surface area (Å²) in [6, 6.07) is 12.5. The maximum absolute atomic E-state index is 13.3. The predicted molar refractivity (Wildman–Crippen MR) is 107 cm³/mol. The average Bonchev–Trinajstić information content (AvgIpc) is 2.66. The highest BCUT2D eigenvalue weighted by Crippen LogP contribution is 2.34. The number of hydrogen-bond acceptors (Lipinski definition) is 4. The normalized spacial score (nSPS) is 12.3. The van der Waals surface area contributed by atoms with Crippen molar-refractivity contribution < 1.29 is 17.9 Å². The van der Waals surface area contributed by atoms with E-state index in [1.165, 1.54) is 25.3 Å². The van der Waals surface area contributed by atoms with Crippen LogP contribution in [0, 0.1) is 0 Å². The van der Waals surface area contributed by atoms with Gasteiger partial charge in [0.1, 0.15) is 12.3 Å². The highest BCUT2D eigenvalue weighted by atomic mass is 35.5. The Morgan fingerprint density at radius 2 is 1.89 bits per heavy atom. The molecule has 1 atom stereocenters. The van der Waals surface area contributed by atoms with Crippen LogP contribution in [0.1, 0.15) is 20.3 Å². The molecule has 2 aromatic carbocycles. The van der Waals surface area contributed by atoms with Crippen molar-refractivity contribution in [3.8, 4) is 5.75 Å². The zero-order valence-electron chi connectivity index (χ0n) is 15.5. The largest absolute Gasteiger partial charge is 0.495 e. The fraction of sp³-hybridized carbons (Fsp3) is 0.316. The van der Waals surface area contributed by atoms with Gasteiger partial charge >= 0.3 is 0 Å². The minimum Gasteiger partial charge on any atom is -0.495 e. The molecule has 0 fully saturated rings. The number of rotatable bonds is 8. The van der Waals surface area contributed by atoms with Gasteiger partial charge in [-0.15, -0.1) is 0 Å². The molecule has 0 bridgehead atoms. The molecule has 6 nitrogen and oxygen atoms in total. The Bertz CT molecular complexity index is 888. The summed E-state index contributed by atoms with van der Waals surface area (Å²) < 4.78 is 32.8. The van der Waals surface area contributed by atoms with Crippen LogP contribution in [0.3, 0.4) is 0 Å². The number of methoxy groups -OCH3 is 1. The molecule has 0 unspecified atom stereocenters. The van der Waals surface area contributed by atoms with E-state index in [1.807, 2.05) is 13.8 Å². The fourth-order valence-corrected chi connectivity index (χ4v) is 4.04. The minimum absolute atomic E-state index is 0.0694. The van der Waals surface area contributed by atoms with Gasteiger partial charge in [0.2, 0.25) is 5.91 Å². The summed E-state index contributed by atoms with van der Waals surface area (Å²) in [7, 11) is -2.58. The smallest absolute Gasteiger partial charge is 0.264 e. The van der Waals surface area contributed by atoms with E-state index >= 15 is 0 Å². The fourth-order valence-electron chi connectivity index (χ4n) is 2.43. The Balaban J connectivity index is 2.53. The summed E-state index contributed by atoms with van der Waals surface area (Å²) in [5, 5.41) is 3.12. The standard InChI is InChI=1S/C19H23ClN2O4S/c1-4-14(2)21-19(23)13-22(17-12-15(20)10-11-18(17)26-3)27(24,25)16-8-6-5-7-9-16/h5-12,14H,4,13H2,1-3H3,(H,21,23)/t14-/m1/s1. The predicted octanol–water partition coefficient (Wildman–Crippen LogP) is 3.46. The maximum atomic E-state index is 13.3. The molecule has 0 aromatic heterocycles. The van der Waals surface area contributed by atoms with Gasteiger partial charge in [-0.05, 0) is 43.7 Å². The summed E-state index contributed by atoms with van der Waals surface area (Å²) in [4.78, 5) is 12.5. The second-order valence-corrected chi connectivity index (χ2v) is 8.32. The Hall–Kier alpha value is -2.25. The molecule has 0 heterocycles. The van der Waals surface area contributed by atoms with Gasteiger partial charge in [-0.3, -0.25) is 9.10 Å². The molecule has 2 rings (SSSR count). The number of nitrogens with one attached hydrogen (secondary N) is 1. The van der Waals surface area contributed by atoms with Crippen molar-refractivity contribution in [1.29, 1.82) is 0 Å². The van der Waals surface area contributed by atoms with Gasteiger partial charge in [0.25, 0.3) is 10.0 Å². The molecule has 0 aliphatic rings. The quantitative estimate of drug-likeness (QED) is 0.723. The number of nitrogens with zero attached hydrogens (tertiary/aromatic N) is 1. The zero-order valence-corrected chi connectivity index (χ0v) is 17.0. The summed E-state index contributed by atoms with van der Waals surface area (Å²) in [5.74, 6) is -0.110. The first-order chi connectivity index (χ1) is 12.8. The number of halogens is 1. The second-order valence-electron chi connectivity index (χ2n) is 6.02. The third-order valence-electron chi connectivity index (χ3n) is 4.05. The molecule has 0 aliphatic carbocycles. The lowest BCUT2D eigenvalue weighted by Crippen LogP contribution is -2.43. The Morgan fingerprint density at radius 1 is 1.22 bits per heavy atom. The van der Waals surface area contributed by atoms with E-state index in [2.05, 4.69) is 5.32 Å². The molecule has 0 radical (unpaired) electrons. The van der Waals surface area contributed by atoms with Gasteiger partial charge in [0.05, 0.1) is 17.7 Å². The average molecular weight is 411 g/mol. The van der Waals surface area contributed by atoms with Gasteiger partial charge in [-0.2, -0.15) is 0 Å². The van der Waals surface area contributed by atoms with Gasteiger partial charge in [-0.1, -0.05) is 36.7 Å². The van der Waals surface area contributed by atoms with Crippen molar-refractivity contribution in [2.24, 2.45) is 0 Å². The van der Waals surface area contributed by atoms with E-state index in [4.69, 9.17) is 16.3 Å². The van der Waals surface area contributed by atoms with Gasteiger partial charge < -0.3 is 10.1 Å². The molecular formula is C19H23ClN2O4S. The van der Waals surface area contributed by atoms with Gasteiger partial charge in [0.15, 0.2) is 0 Å². The third-order valence-corrected chi connectivity index (χ3v) is 6.06. The minimum atomic E-state index is -4.01. The summed E-state index contributed by atoms with van der Waals surface area (Å²) in [6.07, 6.45) is 0.734. The third kappa shape index (κ3) is 5.14. The number of ether oxygens (including phenoxy) is 1. The molecule has 27 heavy (non-hydrogen) atoms. The first-order valence-electron chi connectivity index (χ1n) is 8.50. The SMILES string of the molecule is CC[C@@H](C)NC(=O)CN(c1cc(Cl)ccc1OC)S(=O)(=O)c1ccccc1. The highest BCUT2D eigenvalue weighted by Gasteiger charge is 2.29. The Labute approximate surface area is 165 Å². The van der Waals surface area contributed by atoms with Crippen molar-refractivity contribution in [3.05, 3.63) is 53.6 Å². The molecule has 0 aliphatic heterocycles. The maximum Gasteiger partial charge on any atom is 0.264 e. The lowest BCUT2D eigenvalue weighted by molar-refractivity contribution is -0.120. The van der Waals surface area contributed by atoms with Crippen LogP contribution in [-0.4, -0.2) is 34.0 Å². The van der Waals surface area contributed by atoms with Crippen molar-refractivity contribution in [1.82, 2.24) is 5.32 Å². The second kappa shape index (κ2) is 9.10. The van der Waals surface area contributed by atoms with Crippen molar-refractivity contribution >= 4 is 33.2 Å². The van der Waals surface area contributed by atoms with Gasteiger partial charge in [0, 0.05) is 11.1 Å². The molecule has 1 N–H and O–H groups in total. The van der Waals surface area contributed by atoms with E-state index in [-0.39, 0.29) is 16.6 Å². The lowest BCUT2D eigenvalue weighted by atomic mass is 10.2. The molecule has 1 amide bonds. The van der Waals surface area contributed by atoms with E-state index in [9.17, 15) is 13.2 Å². The van der Waals surface area contributed by atoms with Crippen LogP contribution in [0.2, 0.25) is 5.02 Å². The molecule has 0 saturated carbocycles. The van der Waals surface area contributed by atoms with E-state index in [0.717, 1.165) is 10.7 Å². The molecule has 0 saturated heterocycles. The monoisotopic (exact) mass is 410 g/mol. The Morgan fingerprint density at radius 3 is 2.48 bits per heavy atom. The Kier molecular flexibility index (Phi) is 7.10. The van der Waals surface area contributed by atoms with E-state index < -0.39 is 22.5 Å². The number of sulfonamides is 1. The van der Waals surface area contributed by atoms with Crippen molar-refractivity contribution in [2.75, 3.05) is 18.0 Å². The summed E-state index contributed by atoms with van der Waals surface area (Å²) >= 11 is 6.08. The van der Waals surface area contributed by atoms with Crippen LogP contribution < -0.4 is 14.4 Å². The first kappa shape index (κ1) is 21.1. The molecular weight excluding hydrogens is 388 g/mol. The first-order valence-corrected chi connectivity index (χ1v) is 10.3. The highest BCUT2D eigenvalue weighted by molar-refractivity contribution is 7.92. The zero-order chi connectivity index (χ0) is 20.0. The van der Waals surface area contributed by atoms with Crippen LogP contribution >= 0.6 is 11.6 Å². The van der Waals surface area contributed by atoms with Crippen molar-refractivity contribution in [3.63, 3.8) is 0 Å². The number of anilines is 1. The molecule has 8 heteroatoms. The molecule has 146 valence electrons. The number of benzene rings is 2.